The highest BCUT2D eigenvalue weighted by Gasteiger charge is 2.23. The van der Waals surface area contributed by atoms with Crippen molar-refractivity contribution in [2.75, 3.05) is 26.2 Å². The SMILES string of the molecule is O=C(c1ccncc1)N1CCN(Cc2nc3ccccc3n2Cc2ccccc2)CC1. The first-order chi connectivity index (χ1) is 15.3. The maximum absolute atomic E-state index is 12.7. The van der Waals surface area contributed by atoms with Gasteiger partial charge in [0.05, 0.1) is 17.6 Å². The van der Waals surface area contributed by atoms with Gasteiger partial charge in [0, 0.05) is 50.7 Å². The zero-order valence-corrected chi connectivity index (χ0v) is 17.4. The number of imidazole rings is 1. The van der Waals surface area contributed by atoms with Crippen LogP contribution in [0.1, 0.15) is 21.7 Å². The van der Waals surface area contributed by atoms with E-state index in [1.54, 1.807) is 24.5 Å². The first-order valence-electron chi connectivity index (χ1n) is 10.7. The van der Waals surface area contributed by atoms with E-state index in [-0.39, 0.29) is 5.91 Å². The number of fused-ring (bicyclic) bond motifs is 1. The molecule has 1 aliphatic rings. The van der Waals surface area contributed by atoms with Crippen molar-refractivity contribution in [1.29, 1.82) is 0 Å². The molecular weight excluding hydrogens is 386 g/mol. The third kappa shape index (κ3) is 4.20. The summed E-state index contributed by atoms with van der Waals surface area (Å²) >= 11 is 0. The van der Waals surface area contributed by atoms with Gasteiger partial charge in [0.15, 0.2) is 0 Å². The lowest BCUT2D eigenvalue weighted by atomic mass is 10.2. The minimum Gasteiger partial charge on any atom is -0.336 e. The molecule has 0 bridgehead atoms. The normalized spacial score (nSPS) is 14.8. The molecule has 1 aliphatic heterocycles. The van der Waals surface area contributed by atoms with E-state index in [1.165, 1.54) is 5.56 Å². The Bertz CT molecular complexity index is 1160. The molecule has 0 spiro atoms. The topological polar surface area (TPSA) is 54.3 Å². The monoisotopic (exact) mass is 411 g/mol. The molecule has 1 fully saturated rings. The third-order valence-electron chi connectivity index (χ3n) is 5.87. The lowest BCUT2D eigenvalue weighted by Crippen LogP contribution is -2.48. The van der Waals surface area contributed by atoms with Gasteiger partial charge < -0.3 is 9.47 Å². The molecule has 3 heterocycles. The Morgan fingerprint density at radius 3 is 2.29 bits per heavy atom. The van der Waals surface area contributed by atoms with Crippen LogP contribution in [0.25, 0.3) is 11.0 Å². The summed E-state index contributed by atoms with van der Waals surface area (Å²) in [6.07, 6.45) is 3.33. The molecule has 1 saturated heterocycles. The quantitative estimate of drug-likeness (QED) is 0.505. The fourth-order valence-electron chi connectivity index (χ4n) is 4.17. The third-order valence-corrected chi connectivity index (χ3v) is 5.87. The van der Waals surface area contributed by atoms with E-state index in [0.29, 0.717) is 5.56 Å². The van der Waals surface area contributed by atoms with Crippen LogP contribution in [0.2, 0.25) is 0 Å². The Hall–Kier alpha value is -3.51. The van der Waals surface area contributed by atoms with Gasteiger partial charge in [-0.05, 0) is 29.8 Å². The fraction of sp³-hybridized carbons (Fsp3) is 0.240. The number of amides is 1. The predicted molar refractivity (Wildman–Crippen MR) is 121 cm³/mol. The van der Waals surface area contributed by atoms with Crippen LogP contribution in [0.5, 0.6) is 0 Å². The van der Waals surface area contributed by atoms with Crippen LogP contribution in [0.15, 0.2) is 79.1 Å². The average molecular weight is 412 g/mol. The molecule has 0 unspecified atom stereocenters. The van der Waals surface area contributed by atoms with Gasteiger partial charge in [-0.15, -0.1) is 0 Å². The summed E-state index contributed by atoms with van der Waals surface area (Å²) < 4.78 is 2.32. The predicted octanol–water partition coefficient (Wildman–Crippen LogP) is 3.44. The Kier molecular flexibility index (Phi) is 5.46. The van der Waals surface area contributed by atoms with Crippen LogP contribution in [-0.2, 0) is 13.1 Å². The number of para-hydroxylation sites is 2. The smallest absolute Gasteiger partial charge is 0.254 e. The second-order valence-electron chi connectivity index (χ2n) is 7.89. The van der Waals surface area contributed by atoms with Gasteiger partial charge in [-0.3, -0.25) is 14.7 Å². The number of carbonyl (C=O) groups is 1. The molecule has 1 amide bonds. The van der Waals surface area contributed by atoms with E-state index < -0.39 is 0 Å². The molecule has 0 N–H and O–H groups in total. The van der Waals surface area contributed by atoms with Gasteiger partial charge in [-0.1, -0.05) is 42.5 Å². The number of aromatic nitrogens is 3. The summed E-state index contributed by atoms with van der Waals surface area (Å²) in [4.78, 5) is 26.0. The Balaban J connectivity index is 1.31. The van der Waals surface area contributed by atoms with Crippen LogP contribution in [0.3, 0.4) is 0 Å². The highest BCUT2D eigenvalue weighted by molar-refractivity contribution is 5.94. The van der Waals surface area contributed by atoms with Gasteiger partial charge >= 0.3 is 0 Å². The average Bonchev–Trinajstić information content (AvgIpc) is 3.17. The zero-order chi connectivity index (χ0) is 21.0. The van der Waals surface area contributed by atoms with E-state index in [1.807, 2.05) is 17.0 Å². The lowest BCUT2D eigenvalue weighted by molar-refractivity contribution is 0.0624. The molecule has 4 aromatic rings. The van der Waals surface area contributed by atoms with Crippen molar-refractivity contribution >= 4 is 16.9 Å². The van der Waals surface area contributed by atoms with E-state index in [9.17, 15) is 4.79 Å². The van der Waals surface area contributed by atoms with E-state index in [4.69, 9.17) is 4.98 Å². The van der Waals surface area contributed by atoms with Crippen LogP contribution in [-0.4, -0.2) is 56.4 Å². The maximum Gasteiger partial charge on any atom is 0.254 e. The lowest BCUT2D eigenvalue weighted by Gasteiger charge is -2.34. The molecule has 0 radical (unpaired) electrons. The molecule has 31 heavy (non-hydrogen) atoms. The molecule has 6 nitrogen and oxygen atoms in total. The van der Waals surface area contributed by atoms with Crippen LogP contribution in [0, 0.1) is 0 Å². The number of hydrogen-bond acceptors (Lipinski definition) is 4. The number of hydrogen-bond donors (Lipinski definition) is 0. The Morgan fingerprint density at radius 1 is 0.806 bits per heavy atom. The molecule has 0 aliphatic carbocycles. The van der Waals surface area contributed by atoms with Crippen LogP contribution >= 0.6 is 0 Å². The number of benzene rings is 2. The summed E-state index contributed by atoms with van der Waals surface area (Å²) in [5, 5.41) is 0. The molecule has 2 aromatic carbocycles. The second kappa shape index (κ2) is 8.70. The van der Waals surface area contributed by atoms with E-state index in [0.717, 1.165) is 56.1 Å². The zero-order valence-electron chi connectivity index (χ0n) is 17.4. The Morgan fingerprint density at radius 2 is 1.52 bits per heavy atom. The summed E-state index contributed by atoms with van der Waals surface area (Å²) in [5.74, 6) is 1.15. The summed E-state index contributed by atoms with van der Waals surface area (Å²) in [5.41, 5.74) is 4.15. The van der Waals surface area contributed by atoms with Crippen molar-refractivity contribution in [2.45, 2.75) is 13.1 Å². The first kappa shape index (κ1) is 19.5. The number of piperazine rings is 1. The van der Waals surface area contributed by atoms with Crippen molar-refractivity contribution in [1.82, 2.24) is 24.3 Å². The molecule has 5 rings (SSSR count). The Labute approximate surface area is 181 Å². The first-order valence-corrected chi connectivity index (χ1v) is 10.7. The standard InChI is InChI=1S/C25H25N5O/c31-25(21-10-12-26-13-11-21)29-16-14-28(15-17-29)19-24-27-22-8-4-5-9-23(22)30(24)18-20-6-2-1-3-7-20/h1-13H,14-19H2. The molecule has 2 aromatic heterocycles. The van der Waals surface area contributed by atoms with Crippen molar-refractivity contribution in [3.8, 4) is 0 Å². The summed E-state index contributed by atoms with van der Waals surface area (Å²) in [7, 11) is 0. The highest BCUT2D eigenvalue weighted by atomic mass is 16.2. The molecular formula is C25H25N5O. The minimum atomic E-state index is 0.0818. The van der Waals surface area contributed by atoms with E-state index in [2.05, 4.69) is 56.9 Å². The molecule has 0 atom stereocenters. The minimum absolute atomic E-state index is 0.0818. The largest absolute Gasteiger partial charge is 0.336 e. The van der Waals surface area contributed by atoms with Gasteiger partial charge in [-0.25, -0.2) is 4.98 Å². The van der Waals surface area contributed by atoms with E-state index >= 15 is 0 Å². The van der Waals surface area contributed by atoms with Crippen LogP contribution in [0.4, 0.5) is 0 Å². The highest BCUT2D eigenvalue weighted by Crippen LogP contribution is 2.20. The maximum atomic E-state index is 12.7. The van der Waals surface area contributed by atoms with Gasteiger partial charge in [-0.2, -0.15) is 0 Å². The summed E-state index contributed by atoms with van der Waals surface area (Å²) in [6.45, 7) is 4.70. The van der Waals surface area contributed by atoms with Gasteiger partial charge in [0.25, 0.3) is 5.91 Å². The molecule has 156 valence electrons. The van der Waals surface area contributed by atoms with Crippen molar-refractivity contribution in [3.63, 3.8) is 0 Å². The van der Waals surface area contributed by atoms with Crippen LogP contribution < -0.4 is 0 Å². The van der Waals surface area contributed by atoms with Gasteiger partial charge in [0.2, 0.25) is 0 Å². The van der Waals surface area contributed by atoms with Crippen molar-refractivity contribution in [2.24, 2.45) is 0 Å². The van der Waals surface area contributed by atoms with Crippen molar-refractivity contribution < 1.29 is 4.79 Å². The number of rotatable bonds is 5. The van der Waals surface area contributed by atoms with Crippen molar-refractivity contribution in [3.05, 3.63) is 96.1 Å². The number of carbonyl (C=O) groups excluding carboxylic acids is 1. The molecule has 0 saturated carbocycles. The number of nitrogens with zero attached hydrogens (tertiary/aromatic N) is 5. The van der Waals surface area contributed by atoms with Gasteiger partial charge in [0.1, 0.15) is 5.82 Å². The second-order valence-corrected chi connectivity index (χ2v) is 7.89. The summed E-state index contributed by atoms with van der Waals surface area (Å²) in [6, 6.07) is 22.4. The molecule has 6 heteroatoms. The fourth-order valence-corrected chi connectivity index (χ4v) is 4.17. The number of pyridine rings is 1.